The summed E-state index contributed by atoms with van der Waals surface area (Å²) in [6.07, 6.45) is -1.59. The van der Waals surface area contributed by atoms with Crippen molar-refractivity contribution < 1.29 is 36.7 Å². The zero-order valence-electron chi connectivity index (χ0n) is 14.7. The lowest BCUT2D eigenvalue weighted by Crippen LogP contribution is -2.26. The highest BCUT2D eigenvalue weighted by Gasteiger charge is 2.32. The smallest absolute Gasteiger partial charge is 0.195 e. The molecule has 0 atom stereocenters. The first-order valence-electron chi connectivity index (χ1n) is 7.75. The van der Waals surface area contributed by atoms with Gasteiger partial charge >= 0.3 is 0 Å². The summed E-state index contributed by atoms with van der Waals surface area (Å²) in [4.78, 5) is 45.9. The molecule has 0 bridgehead atoms. The van der Waals surface area contributed by atoms with E-state index in [1.165, 1.54) is 0 Å². The lowest BCUT2D eigenvalue weighted by atomic mass is 9.87. The van der Waals surface area contributed by atoms with E-state index in [0.29, 0.717) is 0 Å². The van der Waals surface area contributed by atoms with Crippen LogP contribution < -0.4 is 0 Å². The van der Waals surface area contributed by atoms with Crippen molar-refractivity contribution in [1.29, 1.82) is 0 Å². The molecule has 0 saturated heterocycles. The summed E-state index contributed by atoms with van der Waals surface area (Å²) in [5, 5.41) is 0. The third kappa shape index (κ3) is 4.42. The van der Waals surface area contributed by atoms with Crippen LogP contribution in [-0.4, -0.2) is 23.1 Å². The Balaban J connectivity index is 3.53. The van der Waals surface area contributed by atoms with E-state index in [9.17, 15) is 36.7 Å². The van der Waals surface area contributed by atoms with Crippen LogP contribution in [-0.2, 0) is 32.0 Å². The molecule has 1 aromatic carbocycles. The van der Waals surface area contributed by atoms with Crippen LogP contribution >= 0.6 is 0 Å². The molecule has 0 aliphatic heterocycles. The van der Waals surface area contributed by atoms with Gasteiger partial charge in [-0.05, 0) is 40.5 Å². The molecular formula is C18H18F4O4. The summed E-state index contributed by atoms with van der Waals surface area (Å²) < 4.78 is 56.6. The van der Waals surface area contributed by atoms with E-state index >= 15 is 0 Å². The first-order chi connectivity index (χ1) is 11.9. The molecule has 142 valence electrons. The summed E-state index contributed by atoms with van der Waals surface area (Å²) in [5.41, 5.74) is -1.94. The fourth-order valence-corrected chi connectivity index (χ4v) is 2.65. The highest BCUT2D eigenvalue weighted by atomic mass is 19.2. The first kappa shape index (κ1) is 21.7. The van der Waals surface area contributed by atoms with E-state index in [2.05, 4.69) is 0 Å². The van der Waals surface area contributed by atoms with Crippen molar-refractivity contribution in [3.05, 3.63) is 34.4 Å². The van der Waals surface area contributed by atoms with E-state index < -0.39 is 82.2 Å². The van der Waals surface area contributed by atoms with Gasteiger partial charge in [-0.15, -0.1) is 0 Å². The van der Waals surface area contributed by atoms with E-state index in [0.717, 1.165) is 27.7 Å². The highest BCUT2D eigenvalue weighted by molar-refractivity contribution is 6.01. The molecule has 0 fully saturated rings. The molecule has 1 aromatic rings. The van der Waals surface area contributed by atoms with Crippen molar-refractivity contribution in [3.8, 4) is 0 Å². The van der Waals surface area contributed by atoms with Crippen LogP contribution in [0.3, 0.4) is 0 Å². The molecule has 0 unspecified atom stereocenters. The number of benzene rings is 1. The first-order valence-corrected chi connectivity index (χ1v) is 7.75. The lowest BCUT2D eigenvalue weighted by molar-refractivity contribution is -0.131. The molecule has 4 nitrogen and oxygen atoms in total. The minimum atomic E-state index is -1.99. The molecule has 8 heteroatoms. The van der Waals surface area contributed by atoms with Gasteiger partial charge in [0, 0.05) is 11.1 Å². The Morgan fingerprint density at radius 2 is 0.846 bits per heavy atom. The average Bonchev–Trinajstić information content (AvgIpc) is 2.51. The quantitative estimate of drug-likeness (QED) is 0.304. The van der Waals surface area contributed by atoms with Crippen molar-refractivity contribution >= 4 is 23.1 Å². The van der Waals surface area contributed by atoms with E-state index in [4.69, 9.17) is 0 Å². The topological polar surface area (TPSA) is 68.3 Å². The lowest BCUT2D eigenvalue weighted by Gasteiger charge is -2.17. The predicted molar refractivity (Wildman–Crippen MR) is 83.4 cm³/mol. The maximum Gasteiger partial charge on any atom is 0.195 e. The van der Waals surface area contributed by atoms with Gasteiger partial charge < -0.3 is 0 Å². The normalized spacial score (nSPS) is 11.2. The van der Waals surface area contributed by atoms with Crippen LogP contribution in [0.25, 0.3) is 0 Å². The Bertz CT molecular complexity index is 697. The Morgan fingerprint density at radius 3 is 1.08 bits per heavy atom. The van der Waals surface area contributed by atoms with Crippen molar-refractivity contribution in [1.82, 2.24) is 0 Å². The van der Waals surface area contributed by atoms with Gasteiger partial charge in [-0.1, -0.05) is 0 Å². The van der Waals surface area contributed by atoms with Crippen LogP contribution in [0.2, 0.25) is 0 Å². The van der Waals surface area contributed by atoms with Crippen LogP contribution in [0, 0.1) is 35.1 Å². The second-order valence-electron chi connectivity index (χ2n) is 6.17. The van der Waals surface area contributed by atoms with Gasteiger partial charge in [0.1, 0.15) is 29.0 Å². The number of ketones is 4. The summed E-state index contributed by atoms with van der Waals surface area (Å²) >= 11 is 0. The van der Waals surface area contributed by atoms with Crippen LogP contribution in [0.5, 0.6) is 0 Å². The van der Waals surface area contributed by atoms with E-state index in [-0.39, 0.29) is 0 Å². The molecule has 0 radical (unpaired) electrons. The molecule has 0 aliphatic rings. The van der Waals surface area contributed by atoms with Crippen molar-refractivity contribution in [2.24, 2.45) is 11.8 Å². The maximum atomic E-state index is 14.7. The Hall–Kier alpha value is -2.38. The Kier molecular flexibility index (Phi) is 6.94. The van der Waals surface area contributed by atoms with Crippen LogP contribution in [0.15, 0.2) is 0 Å². The minimum absolute atomic E-state index is 0.687. The third-order valence-electron chi connectivity index (χ3n) is 4.22. The van der Waals surface area contributed by atoms with Gasteiger partial charge in [0.25, 0.3) is 0 Å². The highest BCUT2D eigenvalue weighted by Crippen LogP contribution is 2.29. The molecule has 1 rings (SSSR count). The van der Waals surface area contributed by atoms with Gasteiger partial charge in [0.05, 0.1) is 11.8 Å². The summed E-state index contributed by atoms with van der Waals surface area (Å²) in [7, 11) is 0. The zero-order chi connectivity index (χ0) is 20.3. The molecule has 0 amide bonds. The van der Waals surface area contributed by atoms with Crippen LogP contribution in [0.1, 0.15) is 38.8 Å². The third-order valence-corrected chi connectivity index (χ3v) is 4.22. The number of Topliss-reactive ketones (excluding diaryl/α,β-unsaturated/α-hetero) is 4. The standard InChI is InChI=1S/C18H18F4O4/c1-7(23)11(8(2)24)5-13-15(19)14(17(21)18(22)16(13)20)6-12(9(3)25)10(4)26/h11-12H,5-6H2,1-4H3. The largest absolute Gasteiger partial charge is 0.299 e. The molecule has 0 aliphatic carbocycles. The van der Waals surface area contributed by atoms with E-state index in [1.54, 1.807) is 0 Å². The van der Waals surface area contributed by atoms with Crippen molar-refractivity contribution in [2.75, 3.05) is 0 Å². The average molecular weight is 374 g/mol. The number of carbonyl (C=O) groups is 4. The number of rotatable bonds is 8. The SMILES string of the molecule is CC(=O)C(Cc1c(F)c(F)c(F)c(CC(C(C)=O)C(C)=O)c1F)C(C)=O. The molecule has 0 saturated carbocycles. The second-order valence-corrected chi connectivity index (χ2v) is 6.17. The predicted octanol–water partition coefficient (Wildman–Crippen LogP) is 2.92. The van der Waals surface area contributed by atoms with Gasteiger partial charge in [-0.2, -0.15) is 0 Å². The van der Waals surface area contributed by atoms with Gasteiger partial charge in [0.15, 0.2) is 17.5 Å². The number of hydrogen-bond acceptors (Lipinski definition) is 4. The maximum absolute atomic E-state index is 14.7. The molecule has 0 heterocycles. The van der Waals surface area contributed by atoms with Gasteiger partial charge in [-0.3, -0.25) is 19.2 Å². The fraction of sp³-hybridized carbons (Fsp3) is 0.444. The summed E-state index contributed by atoms with van der Waals surface area (Å²) in [5.74, 6) is -12.8. The molecule has 0 N–H and O–H groups in total. The Labute approximate surface area is 147 Å². The Morgan fingerprint density at radius 1 is 0.577 bits per heavy atom. The van der Waals surface area contributed by atoms with E-state index in [1.807, 2.05) is 0 Å². The van der Waals surface area contributed by atoms with Crippen molar-refractivity contribution in [2.45, 2.75) is 40.5 Å². The van der Waals surface area contributed by atoms with Crippen molar-refractivity contribution in [3.63, 3.8) is 0 Å². The second kappa shape index (κ2) is 8.33. The molecule has 0 aromatic heterocycles. The molecular weight excluding hydrogens is 356 g/mol. The van der Waals surface area contributed by atoms with Gasteiger partial charge in [-0.25, -0.2) is 17.6 Å². The molecule has 26 heavy (non-hydrogen) atoms. The zero-order valence-corrected chi connectivity index (χ0v) is 14.7. The van der Waals surface area contributed by atoms with Crippen LogP contribution in [0.4, 0.5) is 17.6 Å². The summed E-state index contributed by atoms with van der Waals surface area (Å²) in [6, 6.07) is 0. The number of carbonyl (C=O) groups excluding carboxylic acids is 4. The fourth-order valence-electron chi connectivity index (χ4n) is 2.65. The number of halogens is 4. The minimum Gasteiger partial charge on any atom is -0.299 e. The number of hydrogen-bond donors (Lipinski definition) is 0. The summed E-state index contributed by atoms with van der Waals surface area (Å²) in [6.45, 7) is 4.13. The van der Waals surface area contributed by atoms with Gasteiger partial charge in [0.2, 0.25) is 0 Å². The molecule has 0 spiro atoms. The monoisotopic (exact) mass is 374 g/mol.